The Morgan fingerprint density at radius 3 is 1.48 bits per heavy atom. The molecule has 0 unspecified atom stereocenters. The monoisotopic (exact) mass is 452 g/mol. The van der Waals surface area contributed by atoms with Crippen LogP contribution in [0.4, 0.5) is 0 Å². The van der Waals surface area contributed by atoms with Crippen molar-refractivity contribution in [2.75, 3.05) is 20.4 Å². The van der Waals surface area contributed by atoms with Gasteiger partial charge >= 0.3 is 7.60 Å². The molecule has 0 aromatic carbocycles. The summed E-state index contributed by atoms with van der Waals surface area (Å²) in [6, 6.07) is 1.69. The van der Waals surface area contributed by atoms with Crippen molar-refractivity contribution in [2.24, 2.45) is 5.92 Å². The highest BCUT2D eigenvalue weighted by Crippen LogP contribution is 2.54. The number of hydrogen-bond donors (Lipinski definition) is 0. The molecule has 1 rings (SSSR count). The highest BCUT2D eigenvalue weighted by Gasteiger charge is 2.38. The van der Waals surface area contributed by atoms with Gasteiger partial charge in [0.05, 0.1) is 12.3 Å². The van der Waals surface area contributed by atoms with Crippen LogP contribution >= 0.6 is 16.0 Å². The Morgan fingerprint density at radius 2 is 1.17 bits per heavy atom. The van der Waals surface area contributed by atoms with Crippen molar-refractivity contribution < 1.29 is 18.1 Å². The normalized spacial score (nSPS) is 21.7. The molecular weight excluding hydrogens is 406 g/mol. The van der Waals surface area contributed by atoms with Gasteiger partial charge in [-0.2, -0.15) is 0 Å². The van der Waals surface area contributed by atoms with Crippen LogP contribution in [0, 0.1) is 5.92 Å². The molecule has 0 aliphatic heterocycles. The molecule has 1 aliphatic rings. The van der Waals surface area contributed by atoms with Crippen LogP contribution in [-0.4, -0.2) is 60.0 Å². The number of rotatable bonds is 12. The summed E-state index contributed by atoms with van der Waals surface area (Å²) in [5.74, 6) is 0.379. The predicted octanol–water partition coefficient (Wildman–Crippen LogP) is 6.51. The largest absolute Gasteiger partial charge is 0.330 e. The maximum absolute atomic E-state index is 12.5. The Bertz CT molecular complexity index is 465. The van der Waals surface area contributed by atoms with Crippen LogP contribution in [0.2, 0.25) is 0 Å². The van der Waals surface area contributed by atoms with Gasteiger partial charge in [-0.1, -0.05) is 0 Å². The molecule has 29 heavy (non-hydrogen) atoms. The molecule has 0 spiro atoms. The van der Waals surface area contributed by atoms with E-state index in [2.05, 4.69) is 64.7 Å². The van der Waals surface area contributed by atoms with Crippen molar-refractivity contribution in [3.63, 3.8) is 0 Å². The first-order chi connectivity index (χ1) is 13.5. The summed E-state index contributed by atoms with van der Waals surface area (Å²) in [5, 5.41) is 0. The average Bonchev–Trinajstić information content (AvgIpc) is 2.62. The summed E-state index contributed by atoms with van der Waals surface area (Å²) in [6.07, 6.45) is 4.79. The topological polar surface area (TPSA) is 51.2 Å². The van der Waals surface area contributed by atoms with Crippen molar-refractivity contribution in [3.05, 3.63) is 0 Å². The molecule has 6 nitrogen and oxygen atoms in total. The van der Waals surface area contributed by atoms with Gasteiger partial charge in [-0.15, -0.1) is 0 Å². The maximum atomic E-state index is 12.5. The molecule has 0 heterocycles. The van der Waals surface area contributed by atoms with Crippen molar-refractivity contribution >= 4 is 16.0 Å². The van der Waals surface area contributed by atoms with Gasteiger partial charge in [-0.25, -0.2) is 9.34 Å². The van der Waals surface area contributed by atoms with Crippen LogP contribution in [-0.2, 0) is 18.1 Å². The minimum Gasteiger partial charge on any atom is -0.328 e. The second kappa shape index (κ2) is 12.5. The zero-order chi connectivity index (χ0) is 22.4. The molecule has 174 valence electrons. The Labute approximate surface area is 181 Å². The van der Waals surface area contributed by atoms with Crippen LogP contribution in [0.3, 0.4) is 0 Å². The van der Waals surface area contributed by atoms with E-state index in [0.717, 1.165) is 25.7 Å². The number of hydrogen-bond acceptors (Lipinski definition) is 6. The van der Waals surface area contributed by atoms with E-state index in [1.807, 2.05) is 0 Å². The third-order valence-corrected chi connectivity index (χ3v) is 10.8. The van der Waals surface area contributed by atoms with Crippen molar-refractivity contribution in [1.82, 2.24) is 9.34 Å². The van der Waals surface area contributed by atoms with E-state index < -0.39 is 16.0 Å². The molecule has 1 aliphatic carbocycles. The summed E-state index contributed by atoms with van der Waals surface area (Å²) in [4.78, 5) is 0. The molecule has 1 saturated carbocycles. The third kappa shape index (κ3) is 8.15. The van der Waals surface area contributed by atoms with Crippen LogP contribution in [0.1, 0.15) is 81.1 Å². The fraction of sp³-hybridized carbons (Fsp3) is 1.00. The molecule has 0 saturated heterocycles. The van der Waals surface area contributed by atoms with Crippen LogP contribution in [0.25, 0.3) is 0 Å². The number of nitrogens with zero attached hydrogens (tertiary/aromatic N) is 2. The minimum absolute atomic E-state index is 0.252. The third-order valence-electron chi connectivity index (χ3n) is 5.59. The zero-order valence-corrected chi connectivity index (χ0v) is 22.2. The summed E-state index contributed by atoms with van der Waals surface area (Å²) in [7, 11) is -0.832. The Balaban J connectivity index is 2.89. The quantitative estimate of drug-likeness (QED) is 0.315. The fourth-order valence-corrected chi connectivity index (χ4v) is 8.26. The zero-order valence-electron chi connectivity index (χ0n) is 20.4. The molecule has 0 atom stereocenters. The van der Waals surface area contributed by atoms with E-state index in [-0.39, 0.29) is 6.10 Å². The molecule has 1 fully saturated rings. The summed E-state index contributed by atoms with van der Waals surface area (Å²) in [5.41, 5.74) is 0. The standard InChI is InChI=1S/C21H46N2O4P2/c1-16(2)22(17(3)4)28(23(18(5)6)19(7)8)27-21-13-11-20(12-14-21)15-29(24,25-9)26-10/h16-21H,11-15H2,1-10H3. The summed E-state index contributed by atoms with van der Waals surface area (Å²) < 4.78 is 34.7. The predicted molar refractivity (Wildman–Crippen MR) is 124 cm³/mol. The van der Waals surface area contributed by atoms with Crippen LogP contribution in [0.5, 0.6) is 0 Å². The van der Waals surface area contributed by atoms with Gasteiger partial charge < -0.3 is 13.6 Å². The smallest absolute Gasteiger partial charge is 0.328 e. The average molecular weight is 453 g/mol. The van der Waals surface area contributed by atoms with Crippen molar-refractivity contribution in [1.29, 1.82) is 0 Å². The molecule has 0 radical (unpaired) electrons. The van der Waals surface area contributed by atoms with E-state index >= 15 is 0 Å². The minimum atomic E-state index is -2.93. The molecule has 0 amide bonds. The van der Waals surface area contributed by atoms with E-state index in [1.54, 1.807) is 0 Å². The van der Waals surface area contributed by atoms with Crippen LogP contribution < -0.4 is 0 Å². The first-order valence-corrected chi connectivity index (χ1v) is 14.1. The van der Waals surface area contributed by atoms with Gasteiger partial charge in [0.15, 0.2) is 8.45 Å². The lowest BCUT2D eigenvalue weighted by molar-refractivity contribution is 0.104. The molecular formula is C21H46N2O4P2. The first kappa shape index (κ1) is 27.5. The summed E-state index contributed by atoms with van der Waals surface area (Å²) >= 11 is 0. The maximum Gasteiger partial charge on any atom is 0.330 e. The van der Waals surface area contributed by atoms with Crippen molar-refractivity contribution in [2.45, 2.75) is 111 Å². The van der Waals surface area contributed by atoms with Gasteiger partial charge in [0.1, 0.15) is 0 Å². The second-order valence-electron chi connectivity index (χ2n) is 9.29. The summed E-state index contributed by atoms with van der Waals surface area (Å²) in [6.45, 7) is 18.1. The van der Waals surface area contributed by atoms with Gasteiger partial charge in [0.2, 0.25) is 0 Å². The van der Waals surface area contributed by atoms with Gasteiger partial charge in [-0.3, -0.25) is 4.57 Å². The lowest BCUT2D eigenvalue weighted by Gasteiger charge is -2.47. The second-order valence-corrected chi connectivity index (χ2v) is 13.3. The molecule has 0 aromatic rings. The fourth-order valence-electron chi connectivity index (χ4n) is 4.30. The Kier molecular flexibility index (Phi) is 11.8. The van der Waals surface area contributed by atoms with E-state index in [9.17, 15) is 4.57 Å². The SMILES string of the molecule is COP(=O)(CC1CCC(OP(N(C(C)C)C(C)C)N(C(C)C)C(C)C)CC1)OC. The van der Waals surface area contributed by atoms with Crippen LogP contribution in [0.15, 0.2) is 0 Å². The van der Waals surface area contributed by atoms with Crippen molar-refractivity contribution in [3.8, 4) is 0 Å². The highest BCUT2D eigenvalue weighted by atomic mass is 31.2. The van der Waals surface area contributed by atoms with E-state index in [0.29, 0.717) is 36.2 Å². The Morgan fingerprint density at radius 1 is 0.793 bits per heavy atom. The van der Waals surface area contributed by atoms with Gasteiger partial charge in [-0.05, 0) is 87.0 Å². The molecule has 0 bridgehead atoms. The molecule has 8 heteroatoms. The van der Waals surface area contributed by atoms with Gasteiger partial charge in [0, 0.05) is 38.4 Å². The van der Waals surface area contributed by atoms with Gasteiger partial charge in [0.25, 0.3) is 0 Å². The van der Waals surface area contributed by atoms with E-state index in [1.165, 1.54) is 14.2 Å². The lowest BCUT2D eigenvalue weighted by atomic mass is 9.89. The van der Waals surface area contributed by atoms with E-state index in [4.69, 9.17) is 13.6 Å². The molecule has 0 N–H and O–H groups in total. The Hall–Kier alpha value is 0.460. The molecule has 0 aromatic heterocycles. The highest BCUT2D eigenvalue weighted by molar-refractivity contribution is 7.53. The first-order valence-electron chi connectivity index (χ1n) is 11.2. The lowest BCUT2D eigenvalue weighted by Crippen LogP contribution is -2.44.